The Hall–Kier alpha value is -1.32. The predicted molar refractivity (Wildman–Crippen MR) is 69.5 cm³/mol. The zero-order valence-electron chi connectivity index (χ0n) is 11.3. The van der Waals surface area contributed by atoms with Crippen LogP contribution in [0.3, 0.4) is 0 Å². The highest BCUT2D eigenvalue weighted by molar-refractivity contribution is 6.04. The molecule has 0 aliphatic heterocycles. The Morgan fingerprint density at radius 3 is 2.24 bits per heavy atom. The first-order valence-corrected chi connectivity index (χ1v) is 5.99. The first kappa shape index (κ1) is 15.7. The molecular weight excluding hydrogens is 216 g/mol. The lowest BCUT2D eigenvalue weighted by Crippen LogP contribution is -2.48. The van der Waals surface area contributed by atoms with Crippen LogP contribution in [-0.2, 0) is 9.59 Å². The normalized spacial score (nSPS) is 11.1. The van der Waals surface area contributed by atoms with E-state index in [1.165, 1.54) is 0 Å². The van der Waals surface area contributed by atoms with Crippen LogP contribution in [0.1, 0.15) is 34.1 Å². The van der Waals surface area contributed by atoms with E-state index < -0.39 is 5.41 Å². The van der Waals surface area contributed by atoms with Crippen molar-refractivity contribution < 1.29 is 9.59 Å². The van der Waals surface area contributed by atoms with Gasteiger partial charge in [0.2, 0.25) is 11.8 Å². The van der Waals surface area contributed by atoms with Crippen molar-refractivity contribution in [3.05, 3.63) is 12.7 Å². The van der Waals surface area contributed by atoms with Gasteiger partial charge in [0.15, 0.2) is 0 Å². The molecule has 0 aromatic rings. The van der Waals surface area contributed by atoms with E-state index in [2.05, 4.69) is 31.1 Å². The second kappa shape index (κ2) is 7.09. The van der Waals surface area contributed by atoms with Crippen LogP contribution in [0.25, 0.3) is 0 Å². The fourth-order valence-corrected chi connectivity index (χ4v) is 1.18. The van der Waals surface area contributed by atoms with Crippen molar-refractivity contribution in [2.24, 2.45) is 11.3 Å². The van der Waals surface area contributed by atoms with Crippen LogP contribution in [0.5, 0.6) is 0 Å². The molecule has 2 amide bonds. The molecule has 0 fully saturated rings. The molecule has 0 spiro atoms. The van der Waals surface area contributed by atoms with Crippen LogP contribution in [-0.4, -0.2) is 24.9 Å². The summed E-state index contributed by atoms with van der Waals surface area (Å²) in [7, 11) is 0. The number of nitrogens with one attached hydrogen (secondary N) is 2. The Kier molecular flexibility index (Phi) is 6.54. The molecular formula is C13H24N2O2. The molecule has 0 aromatic heterocycles. The summed E-state index contributed by atoms with van der Waals surface area (Å²) in [5.74, 6) is 0.0205. The van der Waals surface area contributed by atoms with E-state index in [1.807, 2.05) is 0 Å². The zero-order chi connectivity index (χ0) is 13.5. The molecule has 0 heterocycles. The Bertz CT molecular complexity index is 283. The standard InChI is InChI=1S/C13H24N2O2/c1-6-8-14-11(16)13(4,5)12(17)15-9-7-10(2)3/h6,10H,1,7-9H2,2-5H3,(H,14,16)(H,15,17). The first-order valence-electron chi connectivity index (χ1n) is 5.99. The summed E-state index contributed by atoms with van der Waals surface area (Å²) in [6.45, 7) is 11.9. The molecule has 0 atom stereocenters. The highest BCUT2D eigenvalue weighted by Gasteiger charge is 2.35. The molecule has 0 aliphatic rings. The summed E-state index contributed by atoms with van der Waals surface area (Å²) in [5.41, 5.74) is -1.04. The first-order chi connectivity index (χ1) is 7.82. The highest BCUT2D eigenvalue weighted by atomic mass is 16.2. The van der Waals surface area contributed by atoms with Crippen LogP contribution in [0.2, 0.25) is 0 Å². The van der Waals surface area contributed by atoms with E-state index in [4.69, 9.17) is 0 Å². The number of hydrogen-bond donors (Lipinski definition) is 2. The second-order valence-corrected chi connectivity index (χ2v) is 5.06. The van der Waals surface area contributed by atoms with Gasteiger partial charge < -0.3 is 10.6 Å². The van der Waals surface area contributed by atoms with E-state index in [0.29, 0.717) is 19.0 Å². The lowest BCUT2D eigenvalue weighted by Gasteiger charge is -2.22. The van der Waals surface area contributed by atoms with Crippen LogP contribution < -0.4 is 10.6 Å². The molecule has 0 saturated carbocycles. The minimum atomic E-state index is -1.04. The van der Waals surface area contributed by atoms with Gasteiger partial charge in [0, 0.05) is 13.1 Å². The van der Waals surface area contributed by atoms with Gasteiger partial charge in [-0.25, -0.2) is 0 Å². The van der Waals surface area contributed by atoms with Gasteiger partial charge in [-0.1, -0.05) is 19.9 Å². The summed E-state index contributed by atoms with van der Waals surface area (Å²) in [5, 5.41) is 5.42. The molecule has 0 unspecified atom stereocenters. The van der Waals surface area contributed by atoms with Gasteiger partial charge in [-0.05, 0) is 26.2 Å². The molecule has 0 aliphatic carbocycles. The van der Waals surface area contributed by atoms with Gasteiger partial charge in [0.05, 0.1) is 0 Å². The Morgan fingerprint density at radius 2 is 1.76 bits per heavy atom. The quantitative estimate of drug-likeness (QED) is 0.523. The molecule has 4 nitrogen and oxygen atoms in total. The highest BCUT2D eigenvalue weighted by Crippen LogP contribution is 2.15. The maximum Gasteiger partial charge on any atom is 0.235 e. The number of carbonyl (C=O) groups excluding carboxylic acids is 2. The number of rotatable bonds is 7. The Morgan fingerprint density at radius 1 is 1.24 bits per heavy atom. The SMILES string of the molecule is C=CCNC(=O)C(C)(C)C(=O)NCCC(C)C. The van der Waals surface area contributed by atoms with E-state index >= 15 is 0 Å². The van der Waals surface area contributed by atoms with Gasteiger partial charge in [-0.2, -0.15) is 0 Å². The zero-order valence-corrected chi connectivity index (χ0v) is 11.3. The fourth-order valence-electron chi connectivity index (χ4n) is 1.18. The summed E-state index contributed by atoms with van der Waals surface area (Å²) in [6.07, 6.45) is 2.50. The van der Waals surface area contributed by atoms with Crippen molar-refractivity contribution in [2.45, 2.75) is 34.1 Å². The van der Waals surface area contributed by atoms with Crippen molar-refractivity contribution in [1.82, 2.24) is 10.6 Å². The van der Waals surface area contributed by atoms with Crippen LogP contribution >= 0.6 is 0 Å². The predicted octanol–water partition coefficient (Wildman–Crippen LogP) is 1.48. The van der Waals surface area contributed by atoms with E-state index in [1.54, 1.807) is 19.9 Å². The third-order valence-corrected chi connectivity index (χ3v) is 2.55. The molecule has 4 heteroatoms. The molecule has 0 bridgehead atoms. The van der Waals surface area contributed by atoms with Gasteiger partial charge >= 0.3 is 0 Å². The van der Waals surface area contributed by atoms with Gasteiger partial charge in [0.25, 0.3) is 0 Å². The maximum absolute atomic E-state index is 11.9. The lowest BCUT2D eigenvalue weighted by molar-refractivity contribution is -0.141. The summed E-state index contributed by atoms with van der Waals surface area (Å²) in [6, 6.07) is 0. The Balaban J connectivity index is 4.23. The number of amides is 2. The van der Waals surface area contributed by atoms with E-state index in [9.17, 15) is 9.59 Å². The molecule has 0 rings (SSSR count). The number of carbonyl (C=O) groups is 2. The fraction of sp³-hybridized carbons (Fsp3) is 0.692. The monoisotopic (exact) mass is 240 g/mol. The van der Waals surface area contributed by atoms with Crippen molar-refractivity contribution in [3.63, 3.8) is 0 Å². The summed E-state index contributed by atoms with van der Waals surface area (Å²) >= 11 is 0. The average Bonchev–Trinajstić information content (AvgIpc) is 2.24. The summed E-state index contributed by atoms with van der Waals surface area (Å²) in [4.78, 5) is 23.6. The maximum atomic E-state index is 11.9. The minimum Gasteiger partial charge on any atom is -0.355 e. The molecule has 98 valence electrons. The lowest BCUT2D eigenvalue weighted by atomic mass is 9.91. The third-order valence-electron chi connectivity index (χ3n) is 2.55. The van der Waals surface area contributed by atoms with Crippen molar-refractivity contribution in [2.75, 3.05) is 13.1 Å². The summed E-state index contributed by atoms with van der Waals surface area (Å²) < 4.78 is 0. The van der Waals surface area contributed by atoms with Gasteiger partial charge in [0.1, 0.15) is 5.41 Å². The largest absolute Gasteiger partial charge is 0.355 e. The smallest absolute Gasteiger partial charge is 0.235 e. The minimum absolute atomic E-state index is 0.236. The Labute approximate surface area is 104 Å². The molecule has 17 heavy (non-hydrogen) atoms. The molecule has 2 N–H and O–H groups in total. The van der Waals surface area contributed by atoms with Gasteiger partial charge in [-0.15, -0.1) is 6.58 Å². The van der Waals surface area contributed by atoms with E-state index in [-0.39, 0.29) is 11.8 Å². The van der Waals surface area contributed by atoms with Crippen LogP contribution in [0.4, 0.5) is 0 Å². The molecule has 0 aromatic carbocycles. The topological polar surface area (TPSA) is 58.2 Å². The average molecular weight is 240 g/mol. The molecule has 0 saturated heterocycles. The van der Waals surface area contributed by atoms with Crippen molar-refractivity contribution in [3.8, 4) is 0 Å². The number of hydrogen-bond acceptors (Lipinski definition) is 2. The second-order valence-electron chi connectivity index (χ2n) is 5.06. The van der Waals surface area contributed by atoms with Crippen LogP contribution in [0, 0.1) is 11.3 Å². The van der Waals surface area contributed by atoms with Crippen molar-refractivity contribution >= 4 is 11.8 Å². The molecule has 0 radical (unpaired) electrons. The third kappa shape index (κ3) is 5.52. The van der Waals surface area contributed by atoms with Crippen LogP contribution in [0.15, 0.2) is 12.7 Å². The van der Waals surface area contributed by atoms with Gasteiger partial charge in [-0.3, -0.25) is 9.59 Å². The van der Waals surface area contributed by atoms with Crippen molar-refractivity contribution in [1.29, 1.82) is 0 Å². The van der Waals surface area contributed by atoms with E-state index in [0.717, 1.165) is 6.42 Å².